The highest BCUT2D eigenvalue weighted by Crippen LogP contribution is 2.24. The molecule has 1 aromatic heterocycles. The fourth-order valence-corrected chi connectivity index (χ4v) is 1.51. The molecule has 0 saturated carbocycles. The van der Waals surface area contributed by atoms with E-state index in [0.29, 0.717) is 5.56 Å². The van der Waals surface area contributed by atoms with Crippen LogP contribution in [0.4, 0.5) is 4.39 Å². The van der Waals surface area contributed by atoms with Crippen molar-refractivity contribution in [3.63, 3.8) is 0 Å². The first-order chi connectivity index (χ1) is 9.10. The Balaban J connectivity index is 2.28. The highest BCUT2D eigenvalue weighted by molar-refractivity contribution is 5.89. The third-order valence-electron chi connectivity index (χ3n) is 2.46. The summed E-state index contributed by atoms with van der Waals surface area (Å²) in [5, 5.41) is 0. The summed E-state index contributed by atoms with van der Waals surface area (Å²) in [5.41, 5.74) is 1.15. The SMILES string of the molecule is COC(=O)c1ccnc(Oc2cc(C)ccc2F)c1. The molecule has 0 N–H and O–H groups in total. The minimum atomic E-state index is -0.503. The second kappa shape index (κ2) is 5.48. The molecule has 2 rings (SSSR count). The molecule has 0 bridgehead atoms. The highest BCUT2D eigenvalue weighted by Gasteiger charge is 2.10. The Kier molecular flexibility index (Phi) is 3.75. The van der Waals surface area contributed by atoms with Crippen LogP contribution >= 0.6 is 0 Å². The second-order valence-corrected chi connectivity index (χ2v) is 3.91. The van der Waals surface area contributed by atoms with E-state index in [1.807, 2.05) is 6.92 Å². The van der Waals surface area contributed by atoms with Crippen molar-refractivity contribution in [3.05, 3.63) is 53.5 Å². The van der Waals surface area contributed by atoms with Gasteiger partial charge >= 0.3 is 5.97 Å². The molecule has 0 aliphatic rings. The lowest BCUT2D eigenvalue weighted by Crippen LogP contribution is -2.02. The molecule has 0 saturated heterocycles. The molecule has 0 spiro atoms. The zero-order chi connectivity index (χ0) is 13.8. The Morgan fingerprint density at radius 2 is 2.05 bits per heavy atom. The number of benzene rings is 1. The van der Waals surface area contributed by atoms with Crippen LogP contribution in [0.3, 0.4) is 0 Å². The number of aryl methyl sites for hydroxylation is 1. The van der Waals surface area contributed by atoms with E-state index < -0.39 is 11.8 Å². The molecular formula is C14H12FNO3. The Labute approximate surface area is 109 Å². The number of rotatable bonds is 3. The van der Waals surface area contributed by atoms with E-state index in [1.54, 1.807) is 12.1 Å². The summed E-state index contributed by atoms with van der Waals surface area (Å²) in [6.07, 6.45) is 1.40. The van der Waals surface area contributed by atoms with Crippen molar-refractivity contribution in [1.29, 1.82) is 0 Å². The third-order valence-corrected chi connectivity index (χ3v) is 2.46. The number of pyridine rings is 1. The molecule has 0 atom stereocenters. The van der Waals surface area contributed by atoms with Gasteiger partial charge in [-0.2, -0.15) is 0 Å². The van der Waals surface area contributed by atoms with Crippen LogP contribution in [0.25, 0.3) is 0 Å². The Morgan fingerprint density at radius 3 is 2.79 bits per heavy atom. The van der Waals surface area contributed by atoms with Gasteiger partial charge in [-0.3, -0.25) is 0 Å². The van der Waals surface area contributed by atoms with Gasteiger partial charge in [0.05, 0.1) is 12.7 Å². The lowest BCUT2D eigenvalue weighted by molar-refractivity contribution is 0.0600. The molecule has 0 fully saturated rings. The smallest absolute Gasteiger partial charge is 0.338 e. The summed E-state index contributed by atoms with van der Waals surface area (Å²) >= 11 is 0. The molecule has 5 heteroatoms. The highest BCUT2D eigenvalue weighted by atomic mass is 19.1. The van der Waals surface area contributed by atoms with Crippen molar-refractivity contribution in [3.8, 4) is 11.6 Å². The average Bonchev–Trinajstić information content (AvgIpc) is 2.42. The van der Waals surface area contributed by atoms with Crippen molar-refractivity contribution < 1.29 is 18.7 Å². The van der Waals surface area contributed by atoms with Gasteiger partial charge in [-0.1, -0.05) is 6.07 Å². The molecule has 0 aliphatic heterocycles. The molecule has 2 aromatic rings. The van der Waals surface area contributed by atoms with Gasteiger partial charge in [0.25, 0.3) is 0 Å². The lowest BCUT2D eigenvalue weighted by Gasteiger charge is -2.07. The standard InChI is InChI=1S/C14H12FNO3/c1-9-3-4-11(15)12(7-9)19-13-8-10(5-6-16-13)14(17)18-2/h3-8H,1-2H3. The maximum atomic E-state index is 13.5. The van der Waals surface area contributed by atoms with Crippen molar-refractivity contribution in [2.24, 2.45) is 0 Å². The maximum Gasteiger partial charge on any atom is 0.338 e. The minimum Gasteiger partial charge on any atom is -0.465 e. The monoisotopic (exact) mass is 261 g/mol. The predicted molar refractivity (Wildman–Crippen MR) is 66.8 cm³/mol. The summed E-state index contributed by atoms with van der Waals surface area (Å²) < 4.78 is 23.5. The van der Waals surface area contributed by atoms with Crippen LogP contribution in [0.15, 0.2) is 36.5 Å². The van der Waals surface area contributed by atoms with Gasteiger partial charge < -0.3 is 9.47 Å². The number of nitrogens with zero attached hydrogens (tertiary/aromatic N) is 1. The summed E-state index contributed by atoms with van der Waals surface area (Å²) in [7, 11) is 1.28. The second-order valence-electron chi connectivity index (χ2n) is 3.91. The first-order valence-electron chi connectivity index (χ1n) is 5.58. The van der Waals surface area contributed by atoms with E-state index in [4.69, 9.17) is 4.74 Å². The summed E-state index contributed by atoms with van der Waals surface area (Å²) in [6.45, 7) is 1.82. The molecule has 0 unspecified atom stereocenters. The number of carbonyl (C=O) groups is 1. The zero-order valence-corrected chi connectivity index (χ0v) is 10.5. The van der Waals surface area contributed by atoms with Crippen LogP contribution in [0.1, 0.15) is 15.9 Å². The Hall–Kier alpha value is -2.43. The predicted octanol–water partition coefficient (Wildman–Crippen LogP) is 3.11. The van der Waals surface area contributed by atoms with Crippen molar-refractivity contribution >= 4 is 5.97 Å². The van der Waals surface area contributed by atoms with E-state index in [0.717, 1.165) is 5.56 Å². The number of halogens is 1. The van der Waals surface area contributed by atoms with Gasteiger partial charge in [-0.05, 0) is 30.7 Å². The Bertz CT molecular complexity index is 613. The summed E-state index contributed by atoms with van der Waals surface area (Å²) in [6, 6.07) is 7.40. The minimum absolute atomic E-state index is 0.0644. The van der Waals surface area contributed by atoms with E-state index in [1.165, 1.54) is 31.5 Å². The van der Waals surface area contributed by atoms with Gasteiger partial charge in [-0.25, -0.2) is 14.2 Å². The summed E-state index contributed by atoms with van der Waals surface area (Å²) in [5.74, 6) is -0.797. The van der Waals surface area contributed by atoms with Gasteiger partial charge in [0, 0.05) is 12.3 Å². The molecule has 4 nitrogen and oxygen atoms in total. The van der Waals surface area contributed by atoms with Crippen molar-refractivity contribution in [1.82, 2.24) is 4.98 Å². The molecule has 1 aromatic carbocycles. The van der Waals surface area contributed by atoms with E-state index in [-0.39, 0.29) is 11.6 Å². The molecule has 0 amide bonds. The van der Waals surface area contributed by atoms with Crippen LogP contribution in [-0.4, -0.2) is 18.1 Å². The fourth-order valence-electron chi connectivity index (χ4n) is 1.51. The van der Waals surface area contributed by atoms with Crippen LogP contribution < -0.4 is 4.74 Å². The van der Waals surface area contributed by atoms with Gasteiger partial charge in [0.1, 0.15) is 0 Å². The number of aromatic nitrogens is 1. The van der Waals surface area contributed by atoms with Crippen LogP contribution in [0.2, 0.25) is 0 Å². The molecule has 98 valence electrons. The first-order valence-corrected chi connectivity index (χ1v) is 5.58. The van der Waals surface area contributed by atoms with Crippen LogP contribution in [-0.2, 0) is 4.74 Å². The van der Waals surface area contributed by atoms with Crippen molar-refractivity contribution in [2.75, 3.05) is 7.11 Å². The lowest BCUT2D eigenvalue weighted by atomic mass is 10.2. The number of methoxy groups -OCH3 is 1. The van der Waals surface area contributed by atoms with Gasteiger partial charge in [-0.15, -0.1) is 0 Å². The van der Waals surface area contributed by atoms with E-state index >= 15 is 0 Å². The molecular weight excluding hydrogens is 249 g/mol. The number of esters is 1. The third kappa shape index (κ3) is 3.07. The van der Waals surface area contributed by atoms with Gasteiger partial charge in [0.2, 0.25) is 5.88 Å². The average molecular weight is 261 g/mol. The number of hydrogen-bond acceptors (Lipinski definition) is 4. The number of carbonyl (C=O) groups excluding carboxylic acids is 1. The first kappa shape index (κ1) is 13.0. The van der Waals surface area contributed by atoms with Crippen molar-refractivity contribution in [2.45, 2.75) is 6.92 Å². The quantitative estimate of drug-likeness (QED) is 0.796. The number of hydrogen-bond donors (Lipinski definition) is 0. The zero-order valence-electron chi connectivity index (χ0n) is 10.5. The largest absolute Gasteiger partial charge is 0.465 e. The molecule has 0 aliphatic carbocycles. The number of ether oxygens (including phenoxy) is 2. The summed E-state index contributed by atoms with van der Waals surface area (Å²) in [4.78, 5) is 15.3. The van der Waals surface area contributed by atoms with Gasteiger partial charge in [0.15, 0.2) is 11.6 Å². The van der Waals surface area contributed by atoms with E-state index in [9.17, 15) is 9.18 Å². The Morgan fingerprint density at radius 1 is 1.26 bits per heavy atom. The van der Waals surface area contributed by atoms with Crippen LogP contribution in [0.5, 0.6) is 11.6 Å². The molecule has 19 heavy (non-hydrogen) atoms. The normalized spacial score (nSPS) is 10.1. The van der Waals surface area contributed by atoms with Crippen LogP contribution in [0, 0.1) is 12.7 Å². The molecule has 1 heterocycles. The molecule has 0 radical (unpaired) electrons. The fraction of sp³-hybridized carbons (Fsp3) is 0.143. The topological polar surface area (TPSA) is 48.4 Å². The maximum absolute atomic E-state index is 13.5. The van der Waals surface area contributed by atoms with E-state index in [2.05, 4.69) is 9.72 Å².